The second kappa shape index (κ2) is 8.17. The summed E-state index contributed by atoms with van der Waals surface area (Å²) in [5.41, 5.74) is 2.01. The van der Waals surface area contributed by atoms with Crippen molar-refractivity contribution >= 4 is 29.7 Å². The second-order valence-corrected chi connectivity index (χ2v) is 9.87. The average Bonchev–Trinajstić information content (AvgIpc) is 3.68. The summed E-state index contributed by atoms with van der Waals surface area (Å²) in [5.74, 6) is -1.12. The highest BCUT2D eigenvalue weighted by molar-refractivity contribution is 6.65. The third-order valence-electron chi connectivity index (χ3n) is 7.39. The molecule has 5 nitrogen and oxygen atoms in total. The molecule has 8 rings (SSSR count). The van der Waals surface area contributed by atoms with Gasteiger partial charge in [0.2, 0.25) is 5.36 Å². The molecule has 2 aromatic carbocycles. The normalized spacial score (nSPS) is 15.2. The Morgan fingerprint density at radius 1 is 0.756 bits per heavy atom. The Morgan fingerprint density at radius 3 is 2.12 bits per heavy atom. The number of benzene rings is 2. The number of pyridine rings is 1. The quantitative estimate of drug-likeness (QED) is 0.200. The number of nitrogens with zero attached hydrogens (tertiary/aromatic N) is 3. The van der Waals surface area contributed by atoms with Gasteiger partial charge in [-0.3, -0.25) is 4.98 Å². The Bertz CT molecular complexity index is 2230. The molecule has 0 atom stereocenters. The first-order valence-electron chi connectivity index (χ1n) is 12.6. The van der Waals surface area contributed by atoms with Crippen LogP contribution in [0.1, 0.15) is 11.4 Å². The molecule has 0 spiro atoms. The Morgan fingerprint density at radius 2 is 1.46 bits per heavy atom. The van der Waals surface area contributed by atoms with Crippen LogP contribution in [0.5, 0.6) is 0 Å². The van der Waals surface area contributed by atoms with Gasteiger partial charge in [-0.1, -0.05) is 24.3 Å². The van der Waals surface area contributed by atoms with Crippen LogP contribution >= 0.6 is 0 Å². The van der Waals surface area contributed by atoms with Gasteiger partial charge in [0.25, 0.3) is 0 Å². The van der Waals surface area contributed by atoms with Crippen LogP contribution < -0.4 is 15.3 Å². The lowest BCUT2D eigenvalue weighted by Crippen LogP contribution is -2.56. The van der Waals surface area contributed by atoms with Crippen molar-refractivity contribution in [2.45, 2.75) is 0 Å². The molecule has 0 unspecified atom stereocenters. The molecule has 0 amide bonds. The van der Waals surface area contributed by atoms with Gasteiger partial charge in [0.05, 0.1) is 35.1 Å². The fourth-order valence-electron chi connectivity index (χ4n) is 5.68. The Kier molecular flexibility index (Phi) is 4.72. The minimum absolute atomic E-state index is 0.0882. The smallest absolute Gasteiger partial charge is 0.455 e. The number of rotatable bonds is 3. The Hall–Kier alpha value is -5.19. The van der Waals surface area contributed by atoms with E-state index in [4.69, 9.17) is 8.83 Å². The number of hydrogen-bond donors (Lipinski definition) is 0. The number of fused-ring (bicyclic) bond motifs is 5. The third kappa shape index (κ3) is 3.41. The highest BCUT2D eigenvalue weighted by Gasteiger charge is 2.54. The van der Waals surface area contributed by atoms with Crippen molar-refractivity contribution in [3.05, 3.63) is 130 Å². The van der Waals surface area contributed by atoms with Crippen molar-refractivity contribution in [2.24, 2.45) is 0 Å². The van der Waals surface area contributed by atoms with Crippen molar-refractivity contribution in [2.75, 3.05) is 0 Å². The van der Waals surface area contributed by atoms with E-state index in [2.05, 4.69) is 4.98 Å². The number of aromatic nitrogens is 2. The van der Waals surface area contributed by atoms with Crippen LogP contribution in [0.3, 0.4) is 0 Å². The monoisotopic (exact) mass is 555 g/mol. The summed E-state index contributed by atoms with van der Waals surface area (Å²) < 4.78 is 88.6. The summed E-state index contributed by atoms with van der Waals surface area (Å²) in [6.45, 7) is -4.54. The van der Waals surface area contributed by atoms with Gasteiger partial charge in [0.1, 0.15) is 34.6 Å². The maximum absolute atomic E-state index is 16.7. The maximum Gasteiger partial charge on any atom is 0.738 e. The SMILES string of the molecule is Fc1ccc(C2=C3C=c4oc(-c5cccc(F)c5)cc4=[N+]3[B-](F)(F)n3c2cc2oc(-c4cccc(F)c4)cc23)nc1. The van der Waals surface area contributed by atoms with Crippen LogP contribution in [0, 0.1) is 17.5 Å². The molecule has 0 saturated carbocycles. The van der Waals surface area contributed by atoms with Gasteiger partial charge in [0.15, 0.2) is 11.1 Å². The van der Waals surface area contributed by atoms with Crippen molar-refractivity contribution in [3.8, 4) is 22.6 Å². The first kappa shape index (κ1) is 23.7. The Labute approximate surface area is 227 Å². The van der Waals surface area contributed by atoms with Crippen molar-refractivity contribution < 1.29 is 30.6 Å². The zero-order valence-corrected chi connectivity index (χ0v) is 20.8. The second-order valence-electron chi connectivity index (χ2n) is 9.87. The number of halogens is 5. The lowest BCUT2D eigenvalue weighted by Gasteiger charge is -2.31. The molecular weight excluding hydrogens is 540 g/mol. The first-order valence-corrected chi connectivity index (χ1v) is 12.6. The van der Waals surface area contributed by atoms with Crippen molar-refractivity contribution in [1.82, 2.24) is 13.9 Å². The van der Waals surface area contributed by atoms with Crippen LogP contribution in [0.2, 0.25) is 0 Å². The molecule has 6 heterocycles. The van der Waals surface area contributed by atoms with Crippen LogP contribution in [-0.4, -0.2) is 16.4 Å². The summed E-state index contributed by atoms with van der Waals surface area (Å²) in [5, 5.41) is 0.0882. The highest BCUT2D eigenvalue weighted by Crippen LogP contribution is 2.42. The summed E-state index contributed by atoms with van der Waals surface area (Å²) in [6, 6.07) is 18.3. The van der Waals surface area contributed by atoms with Gasteiger partial charge in [-0.15, -0.1) is 0 Å². The van der Waals surface area contributed by atoms with Gasteiger partial charge < -0.3 is 26.4 Å². The molecule has 0 radical (unpaired) electrons. The van der Waals surface area contributed by atoms with Crippen LogP contribution in [0.4, 0.5) is 21.8 Å². The molecule has 0 fully saturated rings. The molecule has 11 heteroatoms. The number of furan rings is 2. The zero-order chi connectivity index (χ0) is 28.0. The fourth-order valence-corrected chi connectivity index (χ4v) is 5.68. The summed E-state index contributed by atoms with van der Waals surface area (Å²) >= 11 is 0. The van der Waals surface area contributed by atoms with E-state index in [9.17, 15) is 13.2 Å². The number of allylic oxidation sites excluding steroid dienone is 1. The molecule has 200 valence electrons. The molecule has 4 aromatic heterocycles. The van der Waals surface area contributed by atoms with Crippen LogP contribution in [0.25, 0.3) is 45.4 Å². The van der Waals surface area contributed by atoms with Gasteiger partial charge in [-0.25, -0.2) is 13.2 Å². The minimum atomic E-state index is -4.54. The molecule has 0 bridgehead atoms. The zero-order valence-electron chi connectivity index (χ0n) is 20.8. The van der Waals surface area contributed by atoms with E-state index in [0.29, 0.717) is 16.7 Å². The molecule has 0 saturated heterocycles. The van der Waals surface area contributed by atoms with E-state index in [-0.39, 0.29) is 50.5 Å². The summed E-state index contributed by atoms with van der Waals surface area (Å²) in [4.78, 5) is 4.19. The van der Waals surface area contributed by atoms with Gasteiger partial charge in [0, 0.05) is 29.0 Å². The Balaban J connectivity index is 1.42. The van der Waals surface area contributed by atoms with E-state index < -0.39 is 24.4 Å². The lowest BCUT2D eigenvalue weighted by atomic mass is 9.87. The van der Waals surface area contributed by atoms with E-state index in [1.54, 1.807) is 12.1 Å². The number of hydrogen-bond acceptors (Lipinski definition) is 3. The maximum atomic E-state index is 16.7. The van der Waals surface area contributed by atoms with E-state index in [1.807, 2.05) is 0 Å². The van der Waals surface area contributed by atoms with Crippen LogP contribution in [-0.2, 0) is 0 Å². The predicted octanol–water partition coefficient (Wildman–Crippen LogP) is 5.95. The van der Waals surface area contributed by atoms with Crippen molar-refractivity contribution in [1.29, 1.82) is 0 Å². The molecular formula is C30H15BF5N3O2. The van der Waals surface area contributed by atoms with Gasteiger partial charge in [-0.2, -0.15) is 0 Å². The molecule has 2 aliphatic heterocycles. The predicted molar refractivity (Wildman–Crippen MR) is 142 cm³/mol. The average molecular weight is 555 g/mol. The third-order valence-corrected chi connectivity index (χ3v) is 7.39. The fraction of sp³-hybridized carbons (Fsp3) is 0. The van der Waals surface area contributed by atoms with Crippen LogP contribution in [0.15, 0.2) is 99.6 Å². The minimum Gasteiger partial charge on any atom is -0.455 e. The largest absolute Gasteiger partial charge is 0.738 e. The van der Waals surface area contributed by atoms with E-state index in [0.717, 1.165) is 15.2 Å². The molecule has 6 aromatic rings. The highest BCUT2D eigenvalue weighted by atomic mass is 19.2. The van der Waals surface area contributed by atoms with Crippen molar-refractivity contribution in [3.63, 3.8) is 0 Å². The standard InChI is InChI=1S/C30H15BF5N3O2/c32-18-5-1-3-16(9-18)26-11-22-28(40-26)13-24-30(21-8-7-20(34)15-37-21)25-14-29-23(39(25)31(35,36)38(22)24)12-27(41-29)17-4-2-6-19(33)10-17/h1-15H. The summed E-state index contributed by atoms with van der Waals surface area (Å²) in [6.07, 6.45) is 2.49. The van der Waals surface area contributed by atoms with E-state index >= 15 is 8.63 Å². The first-order chi connectivity index (χ1) is 19.8. The van der Waals surface area contributed by atoms with Gasteiger partial charge >= 0.3 is 6.97 Å². The van der Waals surface area contributed by atoms with E-state index in [1.165, 1.54) is 72.8 Å². The molecule has 41 heavy (non-hydrogen) atoms. The van der Waals surface area contributed by atoms with Gasteiger partial charge in [-0.05, 0) is 36.4 Å². The molecule has 0 aliphatic carbocycles. The lowest BCUT2D eigenvalue weighted by molar-refractivity contribution is 0.513. The summed E-state index contributed by atoms with van der Waals surface area (Å²) in [7, 11) is 0. The molecule has 2 aliphatic rings. The topological polar surface area (TPSA) is 47.1 Å². The molecule has 0 N–H and O–H groups in total.